The van der Waals surface area contributed by atoms with Crippen molar-refractivity contribution in [2.45, 2.75) is 112 Å². The molecular weight excluding hydrogens is 605 g/mol. The molecule has 2 heterocycles. The van der Waals surface area contributed by atoms with Crippen LogP contribution in [0, 0.1) is 30.5 Å². The quantitative estimate of drug-likeness (QED) is 0.227. The molecule has 0 bridgehead atoms. The van der Waals surface area contributed by atoms with Gasteiger partial charge in [-0.1, -0.05) is 63.1 Å². The highest BCUT2D eigenvalue weighted by Gasteiger charge is 2.41. The summed E-state index contributed by atoms with van der Waals surface area (Å²) in [6, 6.07) is 14.6. The molecule has 48 heavy (non-hydrogen) atoms. The summed E-state index contributed by atoms with van der Waals surface area (Å²) in [5, 5.41) is 13.7. The lowest BCUT2D eigenvalue weighted by Crippen LogP contribution is -2.40. The molecule has 5 rings (SSSR count). The number of aliphatic carboxylic acids is 1. The molecule has 8 heteroatoms. The van der Waals surface area contributed by atoms with E-state index in [9.17, 15) is 19.1 Å². The number of ether oxygens (including phenoxy) is 1. The zero-order valence-corrected chi connectivity index (χ0v) is 29.7. The van der Waals surface area contributed by atoms with Gasteiger partial charge in [0.1, 0.15) is 5.82 Å². The van der Waals surface area contributed by atoms with Gasteiger partial charge in [0.2, 0.25) is 5.91 Å². The number of aromatic nitrogens is 1. The minimum Gasteiger partial charge on any atom is -0.479 e. The summed E-state index contributed by atoms with van der Waals surface area (Å²) in [6.45, 7) is 16.1. The zero-order chi connectivity index (χ0) is 34.9. The van der Waals surface area contributed by atoms with E-state index in [1.807, 2.05) is 58.9 Å². The Morgan fingerprint density at radius 2 is 1.52 bits per heavy atom. The predicted octanol–water partition coefficient (Wildman–Crippen LogP) is 8.49. The molecule has 1 aliphatic carbocycles. The van der Waals surface area contributed by atoms with Crippen LogP contribution in [-0.2, 0) is 27.3 Å². The van der Waals surface area contributed by atoms with E-state index in [2.05, 4.69) is 24.1 Å². The number of hydrogen-bond acceptors (Lipinski definition) is 5. The molecule has 0 unspecified atom stereocenters. The number of rotatable bonds is 10. The maximum absolute atomic E-state index is 13.6. The molecule has 7 nitrogen and oxygen atoms in total. The minimum atomic E-state index is -1.17. The Hall–Kier alpha value is -3.78. The second kappa shape index (κ2) is 14.0. The Morgan fingerprint density at radius 1 is 0.938 bits per heavy atom. The van der Waals surface area contributed by atoms with Crippen molar-refractivity contribution in [3.05, 3.63) is 82.4 Å². The number of anilines is 1. The number of hydrogen-bond donors (Lipinski definition) is 2. The van der Waals surface area contributed by atoms with Crippen LogP contribution in [0.25, 0.3) is 11.1 Å². The fraction of sp³-hybridized carbons (Fsp3) is 0.525. The lowest BCUT2D eigenvalue weighted by Gasteiger charge is -2.41. The van der Waals surface area contributed by atoms with Gasteiger partial charge in [0.15, 0.2) is 6.10 Å². The maximum atomic E-state index is 13.6. The average Bonchev–Trinajstić information content (AvgIpc) is 3.49. The zero-order valence-electron chi connectivity index (χ0n) is 29.7. The Morgan fingerprint density at radius 3 is 2.08 bits per heavy atom. The van der Waals surface area contributed by atoms with Crippen LogP contribution in [0.4, 0.5) is 10.1 Å². The summed E-state index contributed by atoms with van der Waals surface area (Å²) in [4.78, 5) is 33.6. The van der Waals surface area contributed by atoms with Crippen molar-refractivity contribution in [2.24, 2.45) is 10.8 Å². The summed E-state index contributed by atoms with van der Waals surface area (Å²) in [7, 11) is 0. The number of benzene rings is 2. The van der Waals surface area contributed by atoms with Crippen LogP contribution < -0.4 is 10.2 Å². The first-order valence-electron chi connectivity index (χ1n) is 17.4. The molecular formula is C40H52FN3O4. The highest BCUT2D eigenvalue weighted by Crippen LogP contribution is 2.45. The van der Waals surface area contributed by atoms with Gasteiger partial charge in [-0.2, -0.15) is 0 Å². The maximum Gasteiger partial charge on any atom is 0.337 e. The van der Waals surface area contributed by atoms with Crippen molar-refractivity contribution in [3.63, 3.8) is 0 Å². The smallest absolute Gasteiger partial charge is 0.337 e. The van der Waals surface area contributed by atoms with Gasteiger partial charge in [-0.05, 0) is 101 Å². The minimum absolute atomic E-state index is 0.0468. The summed E-state index contributed by atoms with van der Waals surface area (Å²) in [5.74, 6) is -1.26. The van der Waals surface area contributed by atoms with Crippen LogP contribution >= 0.6 is 0 Å². The van der Waals surface area contributed by atoms with E-state index >= 15 is 0 Å². The number of carbonyl (C=O) groups is 2. The largest absolute Gasteiger partial charge is 0.479 e. The molecule has 1 saturated heterocycles. The number of carboxylic acid groups (broad SMARTS) is 1. The Balaban J connectivity index is 1.45. The number of aryl methyl sites for hydroxylation is 2. The van der Waals surface area contributed by atoms with Crippen LogP contribution in [-0.4, -0.2) is 40.7 Å². The number of carboxylic acids is 1. The SMILES string of the molecule is Cc1nc(C)c([C@H](OC(C)(C)C)C(=O)O)c(N2CCC(C)(C)CC2)c1-c1ccc(CNC(=O)C2(Cc3ccc(F)cc3)CCCC2)cc1. The molecule has 3 aromatic rings. The molecule has 2 fully saturated rings. The first-order valence-corrected chi connectivity index (χ1v) is 17.4. The highest BCUT2D eigenvalue weighted by atomic mass is 19.1. The van der Waals surface area contributed by atoms with E-state index in [0.29, 0.717) is 24.2 Å². The lowest BCUT2D eigenvalue weighted by atomic mass is 9.79. The van der Waals surface area contributed by atoms with Crippen LogP contribution in [0.3, 0.4) is 0 Å². The molecule has 1 aliphatic heterocycles. The molecule has 258 valence electrons. The number of nitrogens with zero attached hydrogens (tertiary/aromatic N) is 2. The number of halogens is 1. The third-order valence-electron chi connectivity index (χ3n) is 10.2. The van der Waals surface area contributed by atoms with Crippen molar-refractivity contribution in [2.75, 3.05) is 18.0 Å². The first-order chi connectivity index (χ1) is 22.6. The van der Waals surface area contributed by atoms with Crippen LogP contribution in [0.2, 0.25) is 0 Å². The third-order valence-corrected chi connectivity index (χ3v) is 10.2. The van der Waals surface area contributed by atoms with Gasteiger partial charge in [-0.3, -0.25) is 9.78 Å². The molecule has 0 radical (unpaired) electrons. The van der Waals surface area contributed by atoms with E-state index in [0.717, 1.165) is 85.2 Å². The van der Waals surface area contributed by atoms with Crippen LogP contribution in [0.1, 0.15) is 107 Å². The second-order valence-corrected chi connectivity index (χ2v) is 15.7. The molecule has 1 atom stereocenters. The molecule has 2 N–H and O–H groups in total. The van der Waals surface area contributed by atoms with Crippen molar-refractivity contribution >= 4 is 17.6 Å². The number of amides is 1. The van der Waals surface area contributed by atoms with Gasteiger partial charge in [0, 0.05) is 42.1 Å². The van der Waals surface area contributed by atoms with E-state index < -0.39 is 23.1 Å². The lowest BCUT2D eigenvalue weighted by molar-refractivity contribution is -0.160. The van der Waals surface area contributed by atoms with E-state index in [-0.39, 0.29) is 17.1 Å². The predicted molar refractivity (Wildman–Crippen MR) is 188 cm³/mol. The van der Waals surface area contributed by atoms with Gasteiger partial charge in [0.05, 0.1) is 16.7 Å². The standard InChI is InChI=1S/C40H52FN3O4/c1-26-32(34(44-22-20-39(6,7)21-23-44)33(27(2)43-26)35(36(45)46)48-38(3,4)5)30-14-10-29(11-15-30)25-42-37(47)40(18-8-9-19-40)24-28-12-16-31(41)17-13-28/h10-17,35H,8-9,18-25H2,1-7H3,(H,42,47)(H,45,46)/t35-/m0/s1. The molecule has 1 saturated carbocycles. The molecule has 1 aromatic heterocycles. The van der Waals surface area contributed by atoms with E-state index in [4.69, 9.17) is 9.72 Å². The summed E-state index contributed by atoms with van der Waals surface area (Å²) >= 11 is 0. The Labute approximate surface area is 285 Å². The van der Waals surface area contributed by atoms with Crippen LogP contribution in [0.15, 0.2) is 48.5 Å². The fourth-order valence-corrected chi connectivity index (χ4v) is 7.44. The van der Waals surface area contributed by atoms with Crippen LogP contribution in [0.5, 0.6) is 0 Å². The second-order valence-electron chi connectivity index (χ2n) is 15.7. The van der Waals surface area contributed by atoms with Crippen molar-refractivity contribution in [3.8, 4) is 11.1 Å². The third kappa shape index (κ3) is 8.08. The van der Waals surface area contributed by atoms with Gasteiger partial charge < -0.3 is 20.1 Å². The Kier molecular flexibility index (Phi) is 10.4. The van der Waals surface area contributed by atoms with Gasteiger partial charge in [0.25, 0.3) is 0 Å². The van der Waals surface area contributed by atoms with Crippen molar-refractivity contribution < 1.29 is 23.8 Å². The number of piperidine rings is 1. The molecule has 2 aliphatic rings. The fourth-order valence-electron chi connectivity index (χ4n) is 7.44. The summed E-state index contributed by atoms with van der Waals surface area (Å²) in [5.41, 5.74) is 5.86. The number of nitrogens with one attached hydrogen (secondary N) is 1. The molecule has 0 spiro atoms. The van der Waals surface area contributed by atoms with Gasteiger partial charge in [-0.25, -0.2) is 9.18 Å². The summed E-state index contributed by atoms with van der Waals surface area (Å²) < 4.78 is 19.7. The summed E-state index contributed by atoms with van der Waals surface area (Å²) in [6.07, 6.45) is 5.08. The Bertz CT molecular complexity index is 1610. The van der Waals surface area contributed by atoms with Crippen molar-refractivity contribution in [1.82, 2.24) is 10.3 Å². The van der Waals surface area contributed by atoms with Crippen molar-refractivity contribution in [1.29, 1.82) is 0 Å². The number of carbonyl (C=O) groups excluding carboxylic acids is 1. The van der Waals surface area contributed by atoms with E-state index in [1.165, 1.54) is 12.1 Å². The van der Waals surface area contributed by atoms with E-state index in [1.54, 1.807) is 12.1 Å². The van der Waals surface area contributed by atoms with Gasteiger partial charge >= 0.3 is 5.97 Å². The molecule has 1 amide bonds. The molecule has 2 aromatic carbocycles. The number of pyridine rings is 1. The average molecular weight is 658 g/mol. The topological polar surface area (TPSA) is 91.8 Å². The normalized spacial score (nSPS) is 18.0. The monoisotopic (exact) mass is 657 g/mol. The first kappa shape index (κ1) is 35.5. The highest BCUT2D eigenvalue weighted by molar-refractivity contribution is 5.88. The van der Waals surface area contributed by atoms with Gasteiger partial charge in [-0.15, -0.1) is 0 Å².